The first-order valence-electron chi connectivity index (χ1n) is 10.4. The second kappa shape index (κ2) is 7.81. The minimum absolute atomic E-state index is 0.158. The van der Waals surface area contributed by atoms with E-state index in [0.29, 0.717) is 33.6 Å². The molecule has 0 aliphatic carbocycles. The molecule has 1 N–H and O–H groups in total. The molecule has 0 saturated carbocycles. The van der Waals surface area contributed by atoms with Gasteiger partial charge in [-0.1, -0.05) is 41.9 Å². The molecule has 3 aromatic carbocycles. The summed E-state index contributed by atoms with van der Waals surface area (Å²) >= 11 is 6.09. The van der Waals surface area contributed by atoms with Gasteiger partial charge in [-0.3, -0.25) is 4.40 Å². The Hall–Kier alpha value is -4.07. The van der Waals surface area contributed by atoms with E-state index in [1.807, 2.05) is 89.3 Å². The number of hydrogen-bond acceptors (Lipinski definition) is 5. The van der Waals surface area contributed by atoms with Crippen LogP contribution in [-0.4, -0.2) is 34.5 Å². The van der Waals surface area contributed by atoms with E-state index in [2.05, 4.69) is 10.2 Å². The third-order valence-corrected chi connectivity index (χ3v) is 5.77. The molecule has 0 saturated heterocycles. The lowest BCUT2D eigenvalue weighted by Gasteiger charge is -2.08. The number of hydrogen-bond donors (Lipinski definition) is 1. The number of nitrogens with zero attached hydrogens (tertiary/aromatic N) is 6. The van der Waals surface area contributed by atoms with Crippen molar-refractivity contribution in [2.24, 2.45) is 0 Å². The number of aliphatic hydroxyl groups excluding tert-OH is 1. The molecule has 3 heterocycles. The number of fused-ring (bicyclic) bond motifs is 3. The standard InChI is InChI=1S/C25H17ClN6O/c26-17-12-10-16(11-13-17)24-28-29-25-23(27-20-8-4-5-9-22(20)31(24)25)21-14-19(15-33)32(30-21)18-6-2-1-3-7-18/h1-14,33H,15H2. The van der Waals surface area contributed by atoms with Crippen LogP contribution in [0, 0.1) is 0 Å². The highest BCUT2D eigenvalue weighted by molar-refractivity contribution is 6.30. The summed E-state index contributed by atoms with van der Waals surface area (Å²) in [6.45, 7) is -0.158. The Morgan fingerprint density at radius 1 is 0.848 bits per heavy atom. The quantitative estimate of drug-likeness (QED) is 0.409. The number of rotatable bonds is 4. The molecule has 6 aromatic rings. The Kier molecular flexibility index (Phi) is 4.64. The molecule has 0 amide bonds. The predicted molar refractivity (Wildman–Crippen MR) is 127 cm³/mol. The molecular weight excluding hydrogens is 436 g/mol. The Balaban J connectivity index is 1.63. The zero-order chi connectivity index (χ0) is 22.4. The van der Waals surface area contributed by atoms with Gasteiger partial charge in [-0.15, -0.1) is 10.2 Å². The molecule has 33 heavy (non-hydrogen) atoms. The molecule has 0 unspecified atom stereocenters. The summed E-state index contributed by atoms with van der Waals surface area (Å²) in [4.78, 5) is 4.88. The van der Waals surface area contributed by atoms with Gasteiger partial charge in [-0.2, -0.15) is 5.10 Å². The van der Waals surface area contributed by atoms with Crippen LogP contribution in [0.4, 0.5) is 0 Å². The van der Waals surface area contributed by atoms with E-state index in [-0.39, 0.29) is 6.61 Å². The zero-order valence-electron chi connectivity index (χ0n) is 17.3. The molecular formula is C25H17ClN6O. The van der Waals surface area contributed by atoms with Crippen molar-refractivity contribution in [2.75, 3.05) is 0 Å². The van der Waals surface area contributed by atoms with Gasteiger partial charge in [0.15, 0.2) is 11.5 Å². The van der Waals surface area contributed by atoms with Crippen molar-refractivity contribution in [3.05, 3.63) is 95.6 Å². The second-order valence-electron chi connectivity index (χ2n) is 7.57. The molecule has 8 heteroatoms. The van der Waals surface area contributed by atoms with Crippen molar-refractivity contribution in [3.8, 4) is 28.5 Å². The molecule has 0 aliphatic heterocycles. The molecule has 0 radical (unpaired) electrons. The molecule has 7 nitrogen and oxygen atoms in total. The van der Waals surface area contributed by atoms with Crippen LogP contribution in [-0.2, 0) is 6.61 Å². The van der Waals surface area contributed by atoms with Crippen molar-refractivity contribution in [1.29, 1.82) is 0 Å². The molecule has 6 rings (SSSR count). The third kappa shape index (κ3) is 3.26. The molecule has 0 spiro atoms. The lowest BCUT2D eigenvalue weighted by Crippen LogP contribution is -2.02. The number of para-hydroxylation sites is 3. The first-order chi connectivity index (χ1) is 16.2. The van der Waals surface area contributed by atoms with Gasteiger partial charge >= 0.3 is 0 Å². The van der Waals surface area contributed by atoms with Crippen molar-refractivity contribution in [2.45, 2.75) is 6.61 Å². The van der Waals surface area contributed by atoms with Crippen LogP contribution in [0.2, 0.25) is 5.02 Å². The fourth-order valence-corrected chi connectivity index (χ4v) is 4.11. The molecule has 160 valence electrons. The Morgan fingerprint density at radius 2 is 1.61 bits per heavy atom. The first kappa shape index (κ1) is 19.6. The third-order valence-electron chi connectivity index (χ3n) is 5.52. The van der Waals surface area contributed by atoms with Crippen molar-refractivity contribution >= 4 is 28.3 Å². The van der Waals surface area contributed by atoms with Crippen LogP contribution in [0.25, 0.3) is 45.1 Å². The van der Waals surface area contributed by atoms with E-state index < -0.39 is 0 Å². The predicted octanol–water partition coefficient (Wildman–Crippen LogP) is 4.94. The maximum Gasteiger partial charge on any atom is 0.189 e. The number of aliphatic hydroxyl groups is 1. The van der Waals surface area contributed by atoms with E-state index >= 15 is 0 Å². The van der Waals surface area contributed by atoms with Crippen LogP contribution in [0.1, 0.15) is 5.69 Å². The fourth-order valence-electron chi connectivity index (χ4n) is 3.98. The zero-order valence-corrected chi connectivity index (χ0v) is 18.1. The minimum atomic E-state index is -0.158. The fraction of sp³-hybridized carbons (Fsp3) is 0.0400. The van der Waals surface area contributed by atoms with Crippen molar-refractivity contribution in [3.63, 3.8) is 0 Å². The van der Waals surface area contributed by atoms with Gasteiger partial charge in [0.2, 0.25) is 0 Å². The molecule has 0 bridgehead atoms. The number of benzene rings is 3. The molecule has 0 fully saturated rings. The van der Waals surface area contributed by atoms with Crippen molar-refractivity contribution in [1.82, 2.24) is 29.4 Å². The normalized spacial score (nSPS) is 11.5. The van der Waals surface area contributed by atoms with E-state index in [4.69, 9.17) is 21.7 Å². The maximum absolute atomic E-state index is 9.98. The summed E-state index contributed by atoms with van der Waals surface area (Å²) < 4.78 is 3.71. The van der Waals surface area contributed by atoms with E-state index in [1.165, 1.54) is 0 Å². The average Bonchev–Trinajstić information content (AvgIpc) is 3.50. The first-order valence-corrected chi connectivity index (χ1v) is 10.8. The molecule has 0 atom stereocenters. The summed E-state index contributed by atoms with van der Waals surface area (Å²) in [6.07, 6.45) is 0. The largest absolute Gasteiger partial charge is 0.390 e. The Labute approximate surface area is 193 Å². The summed E-state index contributed by atoms with van der Waals surface area (Å²) in [5.74, 6) is 0.686. The SMILES string of the molecule is OCc1cc(-c2nc3ccccc3n3c(-c4ccc(Cl)cc4)nnc23)nn1-c1ccccc1. The summed E-state index contributed by atoms with van der Waals surface area (Å²) in [7, 11) is 0. The van der Waals surface area contributed by atoms with Gasteiger partial charge in [0.05, 0.1) is 29.0 Å². The summed E-state index contributed by atoms with van der Waals surface area (Å²) in [5, 5.41) is 24.4. The van der Waals surface area contributed by atoms with Crippen LogP contribution < -0.4 is 0 Å². The lowest BCUT2D eigenvalue weighted by atomic mass is 10.2. The van der Waals surface area contributed by atoms with Gasteiger partial charge < -0.3 is 5.11 Å². The second-order valence-corrected chi connectivity index (χ2v) is 8.00. The van der Waals surface area contributed by atoms with Gasteiger partial charge in [0.1, 0.15) is 11.4 Å². The highest BCUT2D eigenvalue weighted by Gasteiger charge is 2.20. The monoisotopic (exact) mass is 452 g/mol. The van der Waals surface area contributed by atoms with Crippen LogP contribution >= 0.6 is 11.6 Å². The highest BCUT2D eigenvalue weighted by atomic mass is 35.5. The van der Waals surface area contributed by atoms with Crippen LogP contribution in [0.5, 0.6) is 0 Å². The highest BCUT2D eigenvalue weighted by Crippen LogP contribution is 2.30. The van der Waals surface area contributed by atoms with E-state index in [9.17, 15) is 5.11 Å². The van der Waals surface area contributed by atoms with Gasteiger partial charge in [-0.25, -0.2) is 9.67 Å². The van der Waals surface area contributed by atoms with Crippen molar-refractivity contribution < 1.29 is 5.11 Å². The molecule has 0 aliphatic rings. The van der Waals surface area contributed by atoms with Gasteiger partial charge in [-0.05, 0) is 54.6 Å². The number of aromatic nitrogens is 6. The van der Waals surface area contributed by atoms with Gasteiger partial charge in [0, 0.05) is 10.6 Å². The topological polar surface area (TPSA) is 81.1 Å². The van der Waals surface area contributed by atoms with E-state index in [1.54, 1.807) is 4.68 Å². The number of halogens is 1. The maximum atomic E-state index is 9.98. The smallest absolute Gasteiger partial charge is 0.189 e. The summed E-state index contributed by atoms with van der Waals surface area (Å²) in [6, 6.07) is 26.9. The minimum Gasteiger partial charge on any atom is -0.390 e. The average molecular weight is 453 g/mol. The Bertz CT molecular complexity index is 1610. The van der Waals surface area contributed by atoms with Gasteiger partial charge in [0.25, 0.3) is 0 Å². The van der Waals surface area contributed by atoms with E-state index in [0.717, 1.165) is 22.3 Å². The Morgan fingerprint density at radius 3 is 2.39 bits per heavy atom. The summed E-state index contributed by atoms with van der Waals surface area (Å²) in [5.41, 5.74) is 5.85. The van der Waals surface area contributed by atoms with Crippen LogP contribution in [0.15, 0.2) is 84.9 Å². The lowest BCUT2D eigenvalue weighted by molar-refractivity contribution is 0.273. The van der Waals surface area contributed by atoms with Crippen LogP contribution in [0.3, 0.4) is 0 Å². The molecule has 3 aromatic heterocycles.